The predicted molar refractivity (Wildman–Crippen MR) is 199 cm³/mol. The number of rotatable bonds is 14. The molecule has 49 heavy (non-hydrogen) atoms. The van der Waals surface area contributed by atoms with Gasteiger partial charge in [-0.25, -0.2) is 0 Å². The van der Waals surface area contributed by atoms with Gasteiger partial charge in [-0.15, -0.1) is 0 Å². The molecular weight excluding hydrogens is 610 g/mol. The van der Waals surface area contributed by atoms with Crippen LogP contribution >= 0.6 is 0 Å². The van der Waals surface area contributed by atoms with Gasteiger partial charge < -0.3 is 25.4 Å². The quantitative estimate of drug-likeness (QED) is 0.199. The molecule has 3 fully saturated rings. The molecule has 3 aliphatic carbocycles. The van der Waals surface area contributed by atoms with E-state index >= 15 is 0 Å². The minimum atomic E-state index is -0.743. The normalized spacial score (nSPS) is 27.4. The third-order valence-electron chi connectivity index (χ3n) is 11.0. The number of benzene rings is 1. The number of carbonyl (C=O) groups is 1. The Labute approximate surface area is 293 Å². The van der Waals surface area contributed by atoms with E-state index in [1.165, 1.54) is 41.8 Å². The number of carboxylic acids is 1. The van der Waals surface area contributed by atoms with Crippen LogP contribution in [0.5, 0.6) is 0 Å². The molecule has 1 saturated carbocycles. The van der Waals surface area contributed by atoms with E-state index in [1.54, 1.807) is 5.57 Å². The first-order valence-electron chi connectivity index (χ1n) is 18.6. The molecule has 0 bridgehead atoms. The Morgan fingerprint density at radius 3 is 2.47 bits per heavy atom. The Kier molecular flexibility index (Phi) is 11.5. The summed E-state index contributed by atoms with van der Waals surface area (Å²) in [5, 5.41) is 16.3. The zero-order valence-corrected chi connectivity index (χ0v) is 29.9. The van der Waals surface area contributed by atoms with Gasteiger partial charge in [0, 0.05) is 68.8 Å². The monoisotopic (exact) mass is 667 g/mol. The van der Waals surface area contributed by atoms with Crippen LogP contribution < -0.4 is 10.6 Å². The molecule has 4 unspecified atom stereocenters. The van der Waals surface area contributed by atoms with Crippen molar-refractivity contribution in [2.75, 3.05) is 51.1 Å². The van der Waals surface area contributed by atoms with Crippen LogP contribution in [0.15, 0.2) is 95.7 Å². The Hall–Kier alpha value is -3.59. The average Bonchev–Trinajstić information content (AvgIpc) is 3.42. The fourth-order valence-corrected chi connectivity index (χ4v) is 8.16. The minimum Gasteiger partial charge on any atom is -0.480 e. The Balaban J connectivity index is 1.14. The predicted octanol–water partition coefficient (Wildman–Crippen LogP) is 6.84. The molecular formula is C41H57N5O3. The van der Waals surface area contributed by atoms with E-state index in [-0.39, 0.29) is 18.2 Å². The van der Waals surface area contributed by atoms with Gasteiger partial charge in [0.1, 0.15) is 5.82 Å². The van der Waals surface area contributed by atoms with Crippen LogP contribution in [0.4, 0.5) is 5.69 Å². The second-order valence-electron chi connectivity index (χ2n) is 14.9. The number of likely N-dealkylation sites (tertiary alicyclic amines) is 1. The van der Waals surface area contributed by atoms with E-state index in [1.807, 2.05) is 0 Å². The minimum absolute atomic E-state index is 0.129. The maximum absolute atomic E-state index is 11.3. The van der Waals surface area contributed by atoms with Crippen molar-refractivity contribution in [3.63, 3.8) is 0 Å². The highest BCUT2D eigenvalue weighted by Gasteiger charge is 2.39. The second-order valence-corrected chi connectivity index (χ2v) is 14.9. The fourth-order valence-electron chi connectivity index (χ4n) is 8.16. The largest absolute Gasteiger partial charge is 0.480 e. The van der Waals surface area contributed by atoms with Gasteiger partial charge >= 0.3 is 5.97 Å². The lowest BCUT2D eigenvalue weighted by molar-refractivity contribution is -0.138. The number of allylic oxidation sites excluding steroid dienone is 7. The maximum Gasteiger partial charge on any atom is 0.317 e. The van der Waals surface area contributed by atoms with Crippen molar-refractivity contribution in [2.45, 2.75) is 89.9 Å². The summed E-state index contributed by atoms with van der Waals surface area (Å²) < 4.78 is 6.88. The van der Waals surface area contributed by atoms with Crippen LogP contribution in [0.1, 0.15) is 71.3 Å². The summed E-state index contributed by atoms with van der Waals surface area (Å²) in [7, 11) is 0. The van der Waals surface area contributed by atoms with Crippen molar-refractivity contribution in [1.82, 2.24) is 20.0 Å². The van der Waals surface area contributed by atoms with Gasteiger partial charge in [0.15, 0.2) is 0 Å². The third kappa shape index (κ3) is 9.15. The molecule has 4 atom stereocenters. The van der Waals surface area contributed by atoms with E-state index in [9.17, 15) is 9.90 Å². The molecule has 0 amide bonds. The van der Waals surface area contributed by atoms with E-state index in [0.717, 1.165) is 82.9 Å². The molecule has 2 aliphatic heterocycles. The summed E-state index contributed by atoms with van der Waals surface area (Å²) in [6.07, 6.45) is 21.8. The molecule has 3 N–H and O–H groups in total. The van der Waals surface area contributed by atoms with Gasteiger partial charge in [-0.05, 0) is 87.1 Å². The van der Waals surface area contributed by atoms with Crippen LogP contribution in [0.3, 0.4) is 0 Å². The first-order valence-corrected chi connectivity index (χ1v) is 18.6. The molecule has 1 aromatic carbocycles. The van der Waals surface area contributed by atoms with Crippen LogP contribution in [0, 0.1) is 5.92 Å². The van der Waals surface area contributed by atoms with Crippen molar-refractivity contribution in [3.05, 3.63) is 101 Å². The lowest BCUT2D eigenvalue weighted by atomic mass is 9.87. The Bertz CT molecular complexity index is 1490. The maximum atomic E-state index is 11.3. The van der Waals surface area contributed by atoms with E-state index < -0.39 is 5.97 Å². The van der Waals surface area contributed by atoms with Gasteiger partial charge in [0.05, 0.1) is 18.2 Å². The Morgan fingerprint density at radius 1 is 1.06 bits per heavy atom. The number of hydrogen-bond acceptors (Lipinski definition) is 7. The number of anilines is 1. The van der Waals surface area contributed by atoms with Crippen molar-refractivity contribution >= 4 is 11.7 Å². The lowest BCUT2D eigenvalue weighted by Gasteiger charge is -2.39. The Morgan fingerprint density at radius 2 is 1.82 bits per heavy atom. The standard InChI is InChI=1S/C41H57N5O3/c1-5-37-30(2)11-9-14-38(37)43-31(3)42-34-17-15-32(16-18-34)25-39(33-12-10-13-33)46-28-36(49-41(4)19-7-6-8-20-41)26-35(46)27-44-21-23-45(24-22-44)29-40(47)48/h6-9,14-19,30,35-36,42-43H,3,5,10-13,20-29H2,1-2,4H3,(H,47,48). The van der Waals surface area contributed by atoms with Gasteiger partial charge in [0.25, 0.3) is 0 Å². The first kappa shape index (κ1) is 35.2. The lowest BCUT2D eigenvalue weighted by Crippen LogP contribution is -2.51. The van der Waals surface area contributed by atoms with E-state index in [2.05, 4.69) is 113 Å². The highest BCUT2D eigenvalue weighted by molar-refractivity contribution is 5.69. The molecule has 2 heterocycles. The molecule has 0 radical (unpaired) electrons. The highest BCUT2D eigenvalue weighted by atomic mass is 16.5. The number of piperazine rings is 1. The number of hydrogen-bond donors (Lipinski definition) is 3. The van der Waals surface area contributed by atoms with E-state index in [0.29, 0.717) is 12.0 Å². The number of nitrogens with zero attached hydrogens (tertiary/aromatic N) is 3. The fraction of sp³-hybridized carbons (Fsp3) is 0.537. The van der Waals surface area contributed by atoms with Crippen LogP contribution in [-0.4, -0.2) is 89.3 Å². The van der Waals surface area contributed by atoms with Crippen LogP contribution in [0.2, 0.25) is 0 Å². The summed E-state index contributed by atoms with van der Waals surface area (Å²) in [6.45, 7) is 16.4. The third-order valence-corrected chi connectivity index (χ3v) is 11.0. The van der Waals surface area contributed by atoms with E-state index in [4.69, 9.17) is 4.74 Å². The number of aliphatic carboxylic acids is 1. The number of carboxylic acid groups (broad SMARTS) is 1. The van der Waals surface area contributed by atoms with Crippen molar-refractivity contribution < 1.29 is 14.6 Å². The molecule has 5 aliphatic rings. The van der Waals surface area contributed by atoms with Crippen molar-refractivity contribution in [3.8, 4) is 0 Å². The molecule has 264 valence electrons. The molecule has 0 spiro atoms. The van der Waals surface area contributed by atoms with Crippen LogP contribution in [0.25, 0.3) is 0 Å². The van der Waals surface area contributed by atoms with Crippen LogP contribution in [-0.2, 0) is 16.0 Å². The summed E-state index contributed by atoms with van der Waals surface area (Å²) in [6, 6.07) is 9.23. The zero-order valence-electron chi connectivity index (χ0n) is 29.9. The van der Waals surface area contributed by atoms with Gasteiger partial charge in [-0.2, -0.15) is 0 Å². The average molecular weight is 668 g/mol. The van der Waals surface area contributed by atoms with Gasteiger partial charge in [-0.1, -0.05) is 68.5 Å². The second kappa shape index (κ2) is 16.0. The molecule has 0 aromatic heterocycles. The number of nitrogens with one attached hydrogen (secondary N) is 2. The summed E-state index contributed by atoms with van der Waals surface area (Å²) in [4.78, 5) is 18.6. The molecule has 6 rings (SSSR count). The number of ether oxygens (including phenoxy) is 1. The molecule has 2 saturated heterocycles. The summed E-state index contributed by atoms with van der Waals surface area (Å²) in [5.41, 5.74) is 7.78. The highest BCUT2D eigenvalue weighted by Crippen LogP contribution is 2.38. The van der Waals surface area contributed by atoms with Crippen molar-refractivity contribution in [1.29, 1.82) is 0 Å². The zero-order chi connectivity index (χ0) is 34.4. The van der Waals surface area contributed by atoms with Crippen molar-refractivity contribution in [2.24, 2.45) is 5.92 Å². The molecule has 8 nitrogen and oxygen atoms in total. The first-order chi connectivity index (χ1) is 23.7. The smallest absolute Gasteiger partial charge is 0.317 e. The summed E-state index contributed by atoms with van der Waals surface area (Å²) in [5.74, 6) is 0.600. The molecule has 1 aromatic rings. The summed E-state index contributed by atoms with van der Waals surface area (Å²) >= 11 is 0. The van der Waals surface area contributed by atoms with Gasteiger partial charge in [0.2, 0.25) is 0 Å². The molecule has 8 heteroatoms. The SMILES string of the molecule is C=C(NC1=C(CC)C(C)CC=C1)Nc1ccc(CC(=C2CCC2)N2CC(OC3(C)C=CC=CC3)CC2CN2CCN(CC(=O)O)CC2)cc1. The topological polar surface area (TPSA) is 80.3 Å². The van der Waals surface area contributed by atoms with Gasteiger partial charge in [-0.3, -0.25) is 14.6 Å².